The third kappa shape index (κ3) is 3.20. The molecule has 2 aromatic carbocycles. The molecule has 0 N–H and O–H groups in total. The largest absolute Gasteiger partial charge is 0.243 e. The van der Waals surface area contributed by atoms with E-state index >= 15 is 0 Å². The summed E-state index contributed by atoms with van der Waals surface area (Å²) in [5.41, 5.74) is 2.79. The van der Waals surface area contributed by atoms with Crippen molar-refractivity contribution in [3.05, 3.63) is 64.5 Å². The van der Waals surface area contributed by atoms with Gasteiger partial charge in [0.1, 0.15) is 5.82 Å². The first-order valence-electron chi connectivity index (χ1n) is 7.01. The van der Waals surface area contributed by atoms with Crippen molar-refractivity contribution >= 4 is 10.0 Å². The van der Waals surface area contributed by atoms with E-state index in [1.807, 2.05) is 19.1 Å². The molecule has 118 valence electrons. The molecule has 22 heavy (non-hydrogen) atoms. The Hall–Kier alpha value is -1.72. The Morgan fingerprint density at radius 1 is 1.05 bits per heavy atom. The molecule has 0 aliphatic heterocycles. The van der Waals surface area contributed by atoms with Gasteiger partial charge in [0.15, 0.2) is 0 Å². The molecule has 0 heterocycles. The van der Waals surface area contributed by atoms with Gasteiger partial charge in [0.2, 0.25) is 10.0 Å². The number of benzene rings is 2. The molecule has 5 heteroatoms. The lowest BCUT2D eigenvalue weighted by Gasteiger charge is -2.20. The van der Waals surface area contributed by atoms with Gasteiger partial charge in [0, 0.05) is 19.2 Å². The van der Waals surface area contributed by atoms with E-state index in [9.17, 15) is 12.8 Å². The fourth-order valence-electron chi connectivity index (χ4n) is 2.68. The molecule has 0 aliphatic carbocycles. The molecule has 2 rings (SSSR count). The molecule has 2 aromatic rings. The fourth-order valence-corrected chi connectivity index (χ4v) is 4.23. The molecule has 0 aromatic heterocycles. The number of hydrogen-bond acceptors (Lipinski definition) is 2. The van der Waals surface area contributed by atoms with E-state index in [0.29, 0.717) is 21.6 Å². The summed E-state index contributed by atoms with van der Waals surface area (Å²) in [7, 11) is -2.19. The lowest BCUT2D eigenvalue weighted by Crippen LogP contribution is -2.28. The first-order valence-corrected chi connectivity index (χ1v) is 8.45. The van der Waals surface area contributed by atoms with E-state index in [1.165, 1.54) is 17.4 Å². The van der Waals surface area contributed by atoms with Crippen LogP contribution in [0.1, 0.15) is 22.3 Å². The molecule has 0 atom stereocenters. The highest BCUT2D eigenvalue weighted by Gasteiger charge is 2.25. The third-order valence-electron chi connectivity index (χ3n) is 3.62. The third-order valence-corrected chi connectivity index (χ3v) is 5.73. The smallest absolute Gasteiger partial charge is 0.207 e. The highest BCUT2D eigenvalue weighted by atomic mass is 32.2. The first kappa shape index (κ1) is 16.6. The van der Waals surface area contributed by atoms with Crippen LogP contribution in [0.15, 0.2) is 41.3 Å². The molecule has 0 amide bonds. The molecule has 3 nitrogen and oxygen atoms in total. The lowest BCUT2D eigenvalue weighted by atomic mass is 10.1. The first-order chi connectivity index (χ1) is 10.2. The van der Waals surface area contributed by atoms with Gasteiger partial charge in [-0.3, -0.25) is 0 Å². The molecular formula is C17H20FNO2S. The summed E-state index contributed by atoms with van der Waals surface area (Å²) in [6.07, 6.45) is 0. The van der Waals surface area contributed by atoms with Gasteiger partial charge in [-0.25, -0.2) is 12.8 Å². The molecule has 0 bridgehead atoms. The second-order valence-electron chi connectivity index (χ2n) is 5.58. The summed E-state index contributed by atoms with van der Waals surface area (Å²) in [6, 6.07) is 9.89. The van der Waals surface area contributed by atoms with Crippen molar-refractivity contribution in [3.63, 3.8) is 0 Å². The summed E-state index contributed by atoms with van der Waals surface area (Å²) in [5, 5.41) is 0. The van der Waals surface area contributed by atoms with E-state index < -0.39 is 15.8 Å². The number of halogens is 1. The summed E-state index contributed by atoms with van der Waals surface area (Å²) in [6.45, 7) is 5.49. The average molecular weight is 321 g/mol. The second kappa shape index (κ2) is 6.18. The zero-order valence-electron chi connectivity index (χ0n) is 13.2. The molecule has 0 aliphatic rings. The molecular weight excluding hydrogens is 301 g/mol. The maximum absolute atomic E-state index is 13.7. The zero-order chi connectivity index (χ0) is 16.5. The summed E-state index contributed by atoms with van der Waals surface area (Å²) >= 11 is 0. The van der Waals surface area contributed by atoms with Crippen LogP contribution < -0.4 is 0 Å². The van der Waals surface area contributed by atoms with E-state index in [1.54, 1.807) is 32.0 Å². The molecule has 0 unspecified atom stereocenters. The van der Waals surface area contributed by atoms with Crippen molar-refractivity contribution in [2.45, 2.75) is 32.2 Å². The minimum absolute atomic E-state index is 0.00175. The number of rotatable bonds is 4. The molecule has 0 radical (unpaired) electrons. The Bertz CT molecular complexity index is 777. The fraction of sp³-hybridized carbons (Fsp3) is 0.294. The summed E-state index contributed by atoms with van der Waals surface area (Å²) < 4.78 is 40.5. The standard InChI is InChI=1S/C17H20FNO2S/c1-12-9-13(2)17(14(3)10-12)22(20,21)19(4)11-15-7-5-6-8-16(15)18/h5-10H,11H2,1-4H3. The summed E-state index contributed by atoms with van der Waals surface area (Å²) in [5.74, 6) is -0.401. The number of sulfonamides is 1. The van der Waals surface area contributed by atoms with E-state index in [4.69, 9.17) is 0 Å². The van der Waals surface area contributed by atoms with Crippen molar-refractivity contribution in [2.24, 2.45) is 0 Å². The Balaban J connectivity index is 2.41. The predicted octanol–water partition coefficient (Wildman–Crippen LogP) is 3.57. The highest BCUT2D eigenvalue weighted by Crippen LogP contribution is 2.25. The maximum atomic E-state index is 13.7. The van der Waals surface area contributed by atoms with Crippen LogP contribution in [0.3, 0.4) is 0 Å². The predicted molar refractivity (Wildman–Crippen MR) is 85.7 cm³/mol. The van der Waals surface area contributed by atoms with Crippen molar-refractivity contribution in [2.75, 3.05) is 7.05 Å². The quantitative estimate of drug-likeness (QED) is 0.863. The van der Waals surface area contributed by atoms with Gasteiger partial charge in [0.05, 0.1) is 4.90 Å². The van der Waals surface area contributed by atoms with Crippen molar-refractivity contribution in [1.82, 2.24) is 4.31 Å². The number of hydrogen-bond donors (Lipinski definition) is 0. The summed E-state index contributed by atoms with van der Waals surface area (Å²) in [4.78, 5) is 0.303. The Morgan fingerprint density at radius 2 is 1.59 bits per heavy atom. The topological polar surface area (TPSA) is 37.4 Å². The van der Waals surface area contributed by atoms with Crippen molar-refractivity contribution < 1.29 is 12.8 Å². The van der Waals surface area contributed by atoms with Crippen LogP contribution in [0.25, 0.3) is 0 Å². The van der Waals surface area contributed by atoms with Crippen LogP contribution in [0, 0.1) is 26.6 Å². The van der Waals surface area contributed by atoms with Crippen LogP contribution >= 0.6 is 0 Å². The Labute approximate surface area is 131 Å². The molecule has 0 spiro atoms. The van der Waals surface area contributed by atoms with Gasteiger partial charge >= 0.3 is 0 Å². The highest BCUT2D eigenvalue weighted by molar-refractivity contribution is 7.89. The van der Waals surface area contributed by atoms with E-state index in [-0.39, 0.29) is 6.54 Å². The second-order valence-corrected chi connectivity index (χ2v) is 7.56. The average Bonchev–Trinajstić information content (AvgIpc) is 2.39. The van der Waals surface area contributed by atoms with E-state index in [2.05, 4.69) is 0 Å². The molecule has 0 fully saturated rings. The number of nitrogens with zero attached hydrogens (tertiary/aromatic N) is 1. The van der Waals surface area contributed by atoms with Crippen LogP contribution in [0.4, 0.5) is 4.39 Å². The van der Waals surface area contributed by atoms with Crippen LogP contribution in [-0.4, -0.2) is 19.8 Å². The minimum atomic E-state index is -3.67. The van der Waals surface area contributed by atoms with E-state index in [0.717, 1.165) is 5.56 Å². The molecule has 0 saturated heterocycles. The van der Waals surface area contributed by atoms with Crippen molar-refractivity contribution in [3.8, 4) is 0 Å². The lowest BCUT2D eigenvalue weighted by molar-refractivity contribution is 0.455. The van der Waals surface area contributed by atoms with Crippen LogP contribution in [0.2, 0.25) is 0 Å². The SMILES string of the molecule is Cc1cc(C)c(S(=O)(=O)N(C)Cc2ccccc2F)c(C)c1. The van der Waals surface area contributed by atoms with Crippen LogP contribution in [-0.2, 0) is 16.6 Å². The number of aryl methyl sites for hydroxylation is 3. The Morgan fingerprint density at radius 3 is 2.14 bits per heavy atom. The van der Waals surface area contributed by atoms with Gasteiger partial charge in [-0.1, -0.05) is 35.9 Å². The maximum Gasteiger partial charge on any atom is 0.243 e. The van der Waals surface area contributed by atoms with Gasteiger partial charge in [-0.2, -0.15) is 4.31 Å². The van der Waals surface area contributed by atoms with Gasteiger partial charge in [-0.15, -0.1) is 0 Å². The zero-order valence-corrected chi connectivity index (χ0v) is 14.0. The Kier molecular flexibility index (Phi) is 4.68. The van der Waals surface area contributed by atoms with Gasteiger partial charge in [-0.05, 0) is 38.0 Å². The van der Waals surface area contributed by atoms with Crippen molar-refractivity contribution in [1.29, 1.82) is 0 Å². The minimum Gasteiger partial charge on any atom is -0.207 e. The molecule has 0 saturated carbocycles. The monoisotopic (exact) mass is 321 g/mol. The van der Waals surface area contributed by atoms with Crippen LogP contribution in [0.5, 0.6) is 0 Å². The van der Waals surface area contributed by atoms with Gasteiger partial charge < -0.3 is 0 Å². The normalized spacial score (nSPS) is 11.9. The van der Waals surface area contributed by atoms with Gasteiger partial charge in [0.25, 0.3) is 0 Å².